The normalized spacial score (nSPS) is 10.7. The summed E-state index contributed by atoms with van der Waals surface area (Å²) in [6, 6.07) is 12.6. The van der Waals surface area contributed by atoms with Crippen LogP contribution in [0.15, 0.2) is 47.4 Å². The van der Waals surface area contributed by atoms with Crippen LogP contribution in [0, 0.1) is 11.3 Å². The number of hydrogen-bond donors (Lipinski definition) is 1. The molecule has 0 atom stereocenters. The molecule has 0 fully saturated rings. The van der Waals surface area contributed by atoms with Gasteiger partial charge in [0, 0.05) is 5.69 Å². The average molecular weight is 332 g/mol. The summed E-state index contributed by atoms with van der Waals surface area (Å²) in [5.74, 6) is 0.985. The number of hydrogen-bond acceptors (Lipinski definition) is 5. The van der Waals surface area contributed by atoms with E-state index >= 15 is 0 Å². The van der Waals surface area contributed by atoms with Gasteiger partial charge in [-0.15, -0.1) is 0 Å². The Morgan fingerprint density at radius 1 is 1.17 bits per heavy atom. The minimum Gasteiger partial charge on any atom is -0.495 e. The van der Waals surface area contributed by atoms with Gasteiger partial charge in [-0.1, -0.05) is 0 Å². The predicted octanol–water partition coefficient (Wildman–Crippen LogP) is 2.77. The van der Waals surface area contributed by atoms with Gasteiger partial charge in [0.15, 0.2) is 0 Å². The summed E-state index contributed by atoms with van der Waals surface area (Å²) in [7, 11) is -2.37. The zero-order valence-corrected chi connectivity index (χ0v) is 13.6. The summed E-state index contributed by atoms with van der Waals surface area (Å²) in [6.45, 7) is 2.40. The van der Waals surface area contributed by atoms with E-state index in [4.69, 9.17) is 14.7 Å². The van der Waals surface area contributed by atoms with Gasteiger partial charge in [0.2, 0.25) is 0 Å². The van der Waals surface area contributed by atoms with Crippen LogP contribution in [0.1, 0.15) is 12.5 Å². The molecule has 0 unspecified atom stereocenters. The molecule has 2 aromatic carbocycles. The highest BCUT2D eigenvalue weighted by atomic mass is 32.2. The Kier molecular flexibility index (Phi) is 5.09. The summed E-state index contributed by atoms with van der Waals surface area (Å²) < 4.78 is 37.5. The van der Waals surface area contributed by atoms with Gasteiger partial charge in [-0.25, -0.2) is 8.42 Å². The Labute approximate surface area is 135 Å². The highest BCUT2D eigenvalue weighted by Gasteiger charge is 2.16. The smallest absolute Gasteiger partial charge is 0.261 e. The van der Waals surface area contributed by atoms with Gasteiger partial charge in [0.05, 0.1) is 24.2 Å². The number of anilines is 1. The first-order valence-electron chi connectivity index (χ1n) is 6.84. The Hall–Kier alpha value is -2.72. The number of nitriles is 1. The lowest BCUT2D eigenvalue weighted by Crippen LogP contribution is -2.13. The second-order valence-electron chi connectivity index (χ2n) is 4.54. The van der Waals surface area contributed by atoms with Crippen LogP contribution >= 0.6 is 0 Å². The van der Waals surface area contributed by atoms with E-state index in [-0.39, 0.29) is 10.5 Å². The van der Waals surface area contributed by atoms with Gasteiger partial charge in [-0.05, 0) is 49.4 Å². The molecule has 7 heteroatoms. The standard InChI is InChI=1S/C16H16N2O4S/c1-3-22-14-6-4-13(5-7-14)18-23(19,20)15-8-9-16(21-2)12(10-15)11-17/h4-10,18H,3H2,1-2H3. The lowest BCUT2D eigenvalue weighted by atomic mass is 10.2. The molecule has 0 radical (unpaired) electrons. The fourth-order valence-corrected chi connectivity index (χ4v) is 3.03. The molecule has 23 heavy (non-hydrogen) atoms. The van der Waals surface area contributed by atoms with E-state index < -0.39 is 10.0 Å². The summed E-state index contributed by atoms with van der Waals surface area (Å²) in [5.41, 5.74) is 0.560. The summed E-state index contributed by atoms with van der Waals surface area (Å²) in [4.78, 5) is -0.0104. The molecular weight excluding hydrogens is 316 g/mol. The van der Waals surface area contributed by atoms with Crippen LogP contribution < -0.4 is 14.2 Å². The van der Waals surface area contributed by atoms with E-state index in [2.05, 4.69) is 4.72 Å². The van der Waals surface area contributed by atoms with Crippen molar-refractivity contribution >= 4 is 15.7 Å². The Morgan fingerprint density at radius 2 is 1.87 bits per heavy atom. The van der Waals surface area contributed by atoms with Crippen molar-refractivity contribution in [1.82, 2.24) is 0 Å². The van der Waals surface area contributed by atoms with E-state index in [9.17, 15) is 8.42 Å². The molecule has 0 aliphatic heterocycles. The largest absolute Gasteiger partial charge is 0.495 e. The molecule has 0 aliphatic carbocycles. The number of rotatable bonds is 6. The minimum atomic E-state index is -3.79. The monoisotopic (exact) mass is 332 g/mol. The number of benzene rings is 2. The van der Waals surface area contributed by atoms with Crippen LogP contribution in [0.2, 0.25) is 0 Å². The van der Waals surface area contributed by atoms with Crippen LogP contribution in [0.25, 0.3) is 0 Å². The van der Waals surface area contributed by atoms with Crippen molar-refractivity contribution in [2.24, 2.45) is 0 Å². The fourth-order valence-electron chi connectivity index (χ4n) is 1.94. The van der Waals surface area contributed by atoms with Crippen molar-refractivity contribution in [3.05, 3.63) is 48.0 Å². The molecule has 120 valence electrons. The molecular formula is C16H16N2O4S. The zero-order valence-electron chi connectivity index (χ0n) is 12.7. The molecule has 0 heterocycles. The second kappa shape index (κ2) is 7.03. The first kappa shape index (κ1) is 16.6. The summed E-state index contributed by atoms with van der Waals surface area (Å²) in [5, 5.41) is 9.05. The third-order valence-corrected chi connectivity index (χ3v) is 4.40. The average Bonchev–Trinajstić information content (AvgIpc) is 2.56. The molecule has 6 nitrogen and oxygen atoms in total. The lowest BCUT2D eigenvalue weighted by Gasteiger charge is -2.10. The van der Waals surface area contributed by atoms with Gasteiger partial charge in [0.1, 0.15) is 17.6 Å². The molecule has 1 N–H and O–H groups in total. The van der Waals surface area contributed by atoms with E-state index in [1.54, 1.807) is 24.3 Å². The quantitative estimate of drug-likeness (QED) is 0.878. The second-order valence-corrected chi connectivity index (χ2v) is 6.22. The van der Waals surface area contributed by atoms with Crippen molar-refractivity contribution in [2.45, 2.75) is 11.8 Å². The summed E-state index contributed by atoms with van der Waals surface area (Å²) in [6.07, 6.45) is 0. The molecule has 0 aliphatic rings. The minimum absolute atomic E-state index is 0.0104. The van der Waals surface area contributed by atoms with Gasteiger partial charge in [-0.2, -0.15) is 5.26 Å². The zero-order chi connectivity index (χ0) is 16.9. The van der Waals surface area contributed by atoms with Crippen molar-refractivity contribution in [1.29, 1.82) is 5.26 Å². The topological polar surface area (TPSA) is 88.4 Å². The van der Waals surface area contributed by atoms with E-state index in [1.807, 2.05) is 13.0 Å². The van der Waals surface area contributed by atoms with Gasteiger partial charge < -0.3 is 9.47 Å². The fraction of sp³-hybridized carbons (Fsp3) is 0.188. The highest BCUT2D eigenvalue weighted by molar-refractivity contribution is 7.92. The van der Waals surface area contributed by atoms with E-state index in [0.717, 1.165) is 0 Å². The molecule has 0 saturated carbocycles. The van der Waals surface area contributed by atoms with Gasteiger partial charge in [0.25, 0.3) is 10.0 Å². The first-order valence-corrected chi connectivity index (χ1v) is 8.32. The van der Waals surface area contributed by atoms with Gasteiger partial charge in [-0.3, -0.25) is 4.72 Å². The van der Waals surface area contributed by atoms with Crippen LogP contribution in [0.4, 0.5) is 5.69 Å². The predicted molar refractivity (Wildman–Crippen MR) is 86.1 cm³/mol. The van der Waals surface area contributed by atoms with E-state index in [1.165, 1.54) is 25.3 Å². The van der Waals surface area contributed by atoms with Crippen LogP contribution in [0.5, 0.6) is 11.5 Å². The van der Waals surface area contributed by atoms with Crippen LogP contribution in [-0.2, 0) is 10.0 Å². The Morgan fingerprint density at radius 3 is 2.43 bits per heavy atom. The molecule has 0 amide bonds. The first-order chi connectivity index (χ1) is 11.0. The number of nitrogens with one attached hydrogen (secondary N) is 1. The molecule has 0 aromatic heterocycles. The molecule has 2 rings (SSSR count). The maximum atomic E-state index is 12.4. The molecule has 0 bridgehead atoms. The summed E-state index contributed by atoms with van der Waals surface area (Å²) >= 11 is 0. The van der Waals surface area contributed by atoms with Gasteiger partial charge >= 0.3 is 0 Å². The number of ether oxygens (including phenoxy) is 2. The number of sulfonamides is 1. The Balaban J connectivity index is 2.26. The number of nitrogens with zero attached hydrogens (tertiary/aromatic N) is 1. The molecule has 2 aromatic rings. The van der Waals surface area contributed by atoms with Crippen molar-refractivity contribution < 1.29 is 17.9 Å². The maximum absolute atomic E-state index is 12.4. The molecule has 0 saturated heterocycles. The maximum Gasteiger partial charge on any atom is 0.261 e. The third kappa shape index (κ3) is 3.93. The third-order valence-electron chi connectivity index (χ3n) is 3.02. The SMILES string of the molecule is CCOc1ccc(NS(=O)(=O)c2ccc(OC)c(C#N)c2)cc1. The highest BCUT2D eigenvalue weighted by Crippen LogP contribution is 2.24. The van der Waals surface area contributed by atoms with E-state index in [0.29, 0.717) is 23.8 Å². The lowest BCUT2D eigenvalue weighted by molar-refractivity contribution is 0.340. The number of methoxy groups -OCH3 is 1. The van der Waals surface area contributed by atoms with Crippen molar-refractivity contribution in [3.63, 3.8) is 0 Å². The van der Waals surface area contributed by atoms with Crippen LogP contribution in [0.3, 0.4) is 0 Å². The Bertz CT molecular complexity index is 824. The van der Waals surface area contributed by atoms with Crippen molar-refractivity contribution in [3.8, 4) is 17.6 Å². The molecule has 0 spiro atoms. The van der Waals surface area contributed by atoms with Crippen LogP contribution in [-0.4, -0.2) is 22.1 Å². The van der Waals surface area contributed by atoms with Crippen molar-refractivity contribution in [2.75, 3.05) is 18.4 Å².